The van der Waals surface area contributed by atoms with Crippen LogP contribution in [-0.4, -0.2) is 37.1 Å². The molecule has 0 spiro atoms. The van der Waals surface area contributed by atoms with Crippen molar-refractivity contribution in [2.45, 2.75) is 26.2 Å². The molecule has 0 bridgehead atoms. The molecule has 0 radical (unpaired) electrons. The van der Waals surface area contributed by atoms with Crippen LogP contribution in [0.1, 0.15) is 31.7 Å². The quantitative estimate of drug-likeness (QED) is 0.815. The highest BCUT2D eigenvalue weighted by molar-refractivity contribution is 5.76. The highest BCUT2D eigenvalue weighted by atomic mass is 16.5. The summed E-state index contributed by atoms with van der Waals surface area (Å²) in [4.78, 5) is 13.9. The Morgan fingerprint density at radius 3 is 2.63 bits per heavy atom. The molecule has 0 saturated carbocycles. The second-order valence-electron chi connectivity index (χ2n) is 5.09. The third kappa shape index (κ3) is 3.35. The van der Waals surface area contributed by atoms with Gasteiger partial charge in [0.2, 0.25) is 5.91 Å². The maximum atomic E-state index is 11.9. The fourth-order valence-corrected chi connectivity index (χ4v) is 2.81. The van der Waals surface area contributed by atoms with E-state index in [2.05, 4.69) is 24.3 Å². The summed E-state index contributed by atoms with van der Waals surface area (Å²) in [5, 5.41) is 0. The molecule has 2 rings (SSSR count). The van der Waals surface area contributed by atoms with Gasteiger partial charge in [-0.2, -0.15) is 0 Å². The summed E-state index contributed by atoms with van der Waals surface area (Å²) in [6, 6.07) is 10.5. The van der Waals surface area contributed by atoms with E-state index in [1.54, 1.807) is 0 Å². The first kappa shape index (κ1) is 14.1. The number of ether oxygens (including phenoxy) is 1. The molecule has 1 aromatic rings. The number of likely N-dealkylation sites (tertiary alicyclic amines) is 1. The monoisotopic (exact) mass is 261 g/mol. The van der Waals surface area contributed by atoms with Crippen LogP contribution in [0.3, 0.4) is 0 Å². The Kier molecular flexibility index (Phi) is 4.97. The van der Waals surface area contributed by atoms with E-state index in [0.29, 0.717) is 18.3 Å². The lowest BCUT2D eigenvalue weighted by Gasteiger charge is -2.17. The molecule has 0 unspecified atom stereocenters. The number of hydrogen-bond acceptors (Lipinski definition) is 2. The smallest absolute Gasteiger partial charge is 0.222 e. The van der Waals surface area contributed by atoms with E-state index < -0.39 is 0 Å². The number of hydrogen-bond donors (Lipinski definition) is 0. The van der Waals surface area contributed by atoms with Crippen LogP contribution in [0.4, 0.5) is 0 Å². The number of rotatable bonds is 5. The standard InChI is InChI=1S/C16H23NO2/c1-3-16(18)17-10-14(12-19-4-2)15(11-17)13-8-6-5-7-9-13/h5-9,14-15H,3-4,10-12H2,1-2H3/t14-,15-/m0/s1. The molecule has 0 aromatic heterocycles. The minimum Gasteiger partial charge on any atom is -0.381 e. The second-order valence-corrected chi connectivity index (χ2v) is 5.09. The number of carbonyl (C=O) groups is 1. The Balaban J connectivity index is 2.11. The maximum absolute atomic E-state index is 11.9. The maximum Gasteiger partial charge on any atom is 0.222 e. The van der Waals surface area contributed by atoms with Crippen molar-refractivity contribution in [1.82, 2.24) is 4.90 Å². The van der Waals surface area contributed by atoms with E-state index in [1.165, 1.54) is 5.56 Å². The van der Waals surface area contributed by atoms with Crippen molar-refractivity contribution >= 4 is 5.91 Å². The van der Waals surface area contributed by atoms with Gasteiger partial charge in [0, 0.05) is 38.0 Å². The van der Waals surface area contributed by atoms with E-state index in [4.69, 9.17) is 4.74 Å². The molecule has 0 aliphatic carbocycles. The fraction of sp³-hybridized carbons (Fsp3) is 0.562. The first-order valence-electron chi connectivity index (χ1n) is 7.16. The molecule has 1 aliphatic heterocycles. The minimum atomic E-state index is 0.250. The molecule has 104 valence electrons. The lowest BCUT2D eigenvalue weighted by molar-refractivity contribution is -0.130. The van der Waals surface area contributed by atoms with Gasteiger partial charge in [-0.1, -0.05) is 37.3 Å². The van der Waals surface area contributed by atoms with Gasteiger partial charge < -0.3 is 9.64 Å². The van der Waals surface area contributed by atoms with E-state index in [9.17, 15) is 4.79 Å². The molecule has 1 fully saturated rings. The van der Waals surface area contributed by atoms with Crippen LogP contribution in [0.15, 0.2) is 30.3 Å². The molecule has 1 heterocycles. The molecule has 0 N–H and O–H groups in total. The molecule has 3 heteroatoms. The van der Waals surface area contributed by atoms with E-state index in [1.807, 2.05) is 24.8 Å². The zero-order valence-electron chi connectivity index (χ0n) is 11.8. The summed E-state index contributed by atoms with van der Waals surface area (Å²) >= 11 is 0. The summed E-state index contributed by atoms with van der Waals surface area (Å²) in [5.41, 5.74) is 1.32. The average molecular weight is 261 g/mol. The van der Waals surface area contributed by atoms with E-state index >= 15 is 0 Å². The number of benzene rings is 1. The molecule has 2 atom stereocenters. The number of carbonyl (C=O) groups excluding carboxylic acids is 1. The topological polar surface area (TPSA) is 29.5 Å². The molecule has 1 amide bonds. The highest BCUT2D eigenvalue weighted by Crippen LogP contribution is 2.33. The first-order chi connectivity index (χ1) is 9.26. The molecular weight excluding hydrogens is 238 g/mol. The van der Waals surface area contributed by atoms with Crippen LogP contribution in [0, 0.1) is 5.92 Å². The third-order valence-electron chi connectivity index (χ3n) is 3.86. The predicted octanol–water partition coefficient (Wildman–Crippen LogP) is 2.68. The molecule has 19 heavy (non-hydrogen) atoms. The molecule has 1 aliphatic rings. The second kappa shape index (κ2) is 6.71. The summed E-state index contributed by atoms with van der Waals surface area (Å²) in [6.07, 6.45) is 0.586. The Morgan fingerprint density at radius 1 is 1.26 bits per heavy atom. The summed E-state index contributed by atoms with van der Waals surface area (Å²) < 4.78 is 5.59. The van der Waals surface area contributed by atoms with Crippen LogP contribution in [0.2, 0.25) is 0 Å². The van der Waals surface area contributed by atoms with Gasteiger partial charge in [-0.3, -0.25) is 4.79 Å². The van der Waals surface area contributed by atoms with Crippen molar-refractivity contribution in [1.29, 1.82) is 0 Å². The Bertz CT molecular complexity index is 404. The summed E-state index contributed by atoms with van der Waals surface area (Å²) in [7, 11) is 0. The van der Waals surface area contributed by atoms with Crippen LogP contribution in [-0.2, 0) is 9.53 Å². The van der Waals surface area contributed by atoms with Crippen LogP contribution in [0.25, 0.3) is 0 Å². The summed E-state index contributed by atoms with van der Waals surface area (Å²) in [6.45, 7) is 7.07. The highest BCUT2D eigenvalue weighted by Gasteiger charge is 2.35. The Labute approximate surface area is 115 Å². The van der Waals surface area contributed by atoms with Gasteiger partial charge in [0.1, 0.15) is 0 Å². The molecule has 3 nitrogen and oxygen atoms in total. The Hall–Kier alpha value is -1.35. The van der Waals surface area contributed by atoms with Crippen molar-refractivity contribution in [3.05, 3.63) is 35.9 Å². The number of amides is 1. The normalized spacial score (nSPS) is 22.7. The van der Waals surface area contributed by atoms with Gasteiger partial charge in [0.25, 0.3) is 0 Å². The SMILES string of the molecule is CCOC[C@@H]1CN(C(=O)CC)C[C@H]1c1ccccc1. The largest absolute Gasteiger partial charge is 0.381 e. The average Bonchev–Trinajstić information content (AvgIpc) is 2.89. The molecular formula is C16H23NO2. The lowest BCUT2D eigenvalue weighted by atomic mass is 9.89. The van der Waals surface area contributed by atoms with Crippen LogP contribution >= 0.6 is 0 Å². The van der Waals surface area contributed by atoms with Crippen molar-refractivity contribution in [2.75, 3.05) is 26.3 Å². The first-order valence-corrected chi connectivity index (χ1v) is 7.16. The van der Waals surface area contributed by atoms with Gasteiger partial charge in [-0.05, 0) is 12.5 Å². The molecule has 1 saturated heterocycles. The third-order valence-corrected chi connectivity index (χ3v) is 3.86. The van der Waals surface area contributed by atoms with Gasteiger partial charge in [0.15, 0.2) is 0 Å². The van der Waals surface area contributed by atoms with Crippen molar-refractivity contribution in [3.63, 3.8) is 0 Å². The lowest BCUT2D eigenvalue weighted by Crippen LogP contribution is -2.28. The van der Waals surface area contributed by atoms with Gasteiger partial charge in [0.05, 0.1) is 6.61 Å². The van der Waals surface area contributed by atoms with Gasteiger partial charge in [-0.15, -0.1) is 0 Å². The predicted molar refractivity (Wildman–Crippen MR) is 76.0 cm³/mol. The number of nitrogens with zero attached hydrogens (tertiary/aromatic N) is 1. The van der Waals surface area contributed by atoms with Crippen molar-refractivity contribution in [2.24, 2.45) is 5.92 Å². The fourth-order valence-electron chi connectivity index (χ4n) is 2.81. The summed E-state index contributed by atoms with van der Waals surface area (Å²) in [5.74, 6) is 1.07. The van der Waals surface area contributed by atoms with Crippen molar-refractivity contribution < 1.29 is 9.53 Å². The Morgan fingerprint density at radius 2 is 2.00 bits per heavy atom. The molecule has 1 aromatic carbocycles. The van der Waals surface area contributed by atoms with Gasteiger partial charge >= 0.3 is 0 Å². The minimum absolute atomic E-state index is 0.250. The zero-order valence-corrected chi connectivity index (χ0v) is 11.8. The van der Waals surface area contributed by atoms with Crippen LogP contribution < -0.4 is 0 Å². The zero-order chi connectivity index (χ0) is 13.7. The van der Waals surface area contributed by atoms with Crippen LogP contribution in [0.5, 0.6) is 0 Å². The van der Waals surface area contributed by atoms with E-state index in [0.717, 1.165) is 26.3 Å². The van der Waals surface area contributed by atoms with Gasteiger partial charge in [-0.25, -0.2) is 0 Å². The van der Waals surface area contributed by atoms with E-state index in [-0.39, 0.29) is 5.91 Å². The van der Waals surface area contributed by atoms with Crippen molar-refractivity contribution in [3.8, 4) is 0 Å².